The summed E-state index contributed by atoms with van der Waals surface area (Å²) in [5.41, 5.74) is 5.52. The van der Waals surface area contributed by atoms with Gasteiger partial charge in [-0.2, -0.15) is 0 Å². The standard InChI is InChI=1S/C11H27NO3Si/c1-4-14-16(3,10-6-8-12)15-11(2)7-5-9-13/h11,13H,4-10,12H2,1-3H3. The van der Waals surface area contributed by atoms with Gasteiger partial charge in [-0.25, -0.2) is 0 Å². The van der Waals surface area contributed by atoms with E-state index < -0.39 is 8.56 Å². The first kappa shape index (κ1) is 16.1. The van der Waals surface area contributed by atoms with Gasteiger partial charge in [0.05, 0.1) is 0 Å². The Kier molecular flexibility index (Phi) is 9.16. The van der Waals surface area contributed by atoms with Gasteiger partial charge in [0.1, 0.15) is 0 Å². The van der Waals surface area contributed by atoms with Gasteiger partial charge in [-0.15, -0.1) is 0 Å². The minimum Gasteiger partial charge on any atom is -0.396 e. The van der Waals surface area contributed by atoms with Crippen LogP contribution in [0, 0.1) is 0 Å². The van der Waals surface area contributed by atoms with Crippen LogP contribution in [0.15, 0.2) is 0 Å². The van der Waals surface area contributed by atoms with Crippen LogP contribution >= 0.6 is 0 Å². The third kappa shape index (κ3) is 7.35. The van der Waals surface area contributed by atoms with Crippen LogP contribution in [-0.2, 0) is 8.85 Å². The van der Waals surface area contributed by atoms with Crippen molar-refractivity contribution in [3.8, 4) is 0 Å². The van der Waals surface area contributed by atoms with E-state index in [1.54, 1.807) is 0 Å². The van der Waals surface area contributed by atoms with E-state index in [2.05, 4.69) is 6.55 Å². The molecule has 0 fully saturated rings. The van der Waals surface area contributed by atoms with Crippen LogP contribution in [-0.4, -0.2) is 39.5 Å². The molecule has 0 bridgehead atoms. The van der Waals surface area contributed by atoms with Crippen molar-refractivity contribution in [3.63, 3.8) is 0 Å². The predicted octanol–water partition coefficient (Wildman–Crippen LogP) is 1.62. The Hall–Kier alpha value is 0.0569. The summed E-state index contributed by atoms with van der Waals surface area (Å²) in [6.07, 6.45) is 2.78. The summed E-state index contributed by atoms with van der Waals surface area (Å²) in [7, 11) is -2.05. The summed E-state index contributed by atoms with van der Waals surface area (Å²) in [6, 6.07) is 0.945. The van der Waals surface area contributed by atoms with Gasteiger partial charge in [0.15, 0.2) is 0 Å². The molecule has 0 aromatic heterocycles. The van der Waals surface area contributed by atoms with Crippen molar-refractivity contribution >= 4 is 8.56 Å². The molecular weight excluding hydrogens is 222 g/mol. The van der Waals surface area contributed by atoms with Crippen LogP contribution in [0.1, 0.15) is 33.1 Å². The third-order valence-electron chi connectivity index (χ3n) is 2.50. The Morgan fingerprint density at radius 1 is 1.38 bits per heavy atom. The zero-order valence-electron chi connectivity index (χ0n) is 10.9. The summed E-state index contributed by atoms with van der Waals surface area (Å²) in [5, 5.41) is 8.77. The van der Waals surface area contributed by atoms with E-state index >= 15 is 0 Å². The molecular formula is C11H27NO3Si. The molecule has 2 unspecified atom stereocenters. The van der Waals surface area contributed by atoms with Gasteiger partial charge < -0.3 is 19.7 Å². The first-order valence-electron chi connectivity index (χ1n) is 6.20. The maximum absolute atomic E-state index is 8.77. The van der Waals surface area contributed by atoms with E-state index in [0.29, 0.717) is 13.2 Å². The Morgan fingerprint density at radius 2 is 2.06 bits per heavy atom. The smallest absolute Gasteiger partial charge is 0.335 e. The van der Waals surface area contributed by atoms with Crippen LogP contribution in [0.5, 0.6) is 0 Å². The molecule has 4 nitrogen and oxygen atoms in total. The zero-order chi connectivity index (χ0) is 12.4. The van der Waals surface area contributed by atoms with Crippen LogP contribution in [0.25, 0.3) is 0 Å². The molecule has 0 radical (unpaired) electrons. The SMILES string of the molecule is CCO[Si](C)(CCCN)OC(C)CCCO. The van der Waals surface area contributed by atoms with E-state index in [4.69, 9.17) is 19.7 Å². The van der Waals surface area contributed by atoms with E-state index in [0.717, 1.165) is 25.3 Å². The molecule has 16 heavy (non-hydrogen) atoms. The highest BCUT2D eigenvalue weighted by atomic mass is 28.4. The summed E-state index contributed by atoms with van der Waals surface area (Å²) >= 11 is 0. The first-order chi connectivity index (χ1) is 7.58. The lowest BCUT2D eigenvalue weighted by Crippen LogP contribution is -2.42. The van der Waals surface area contributed by atoms with Gasteiger partial charge in [-0.05, 0) is 52.2 Å². The number of aliphatic hydroxyl groups excluding tert-OH is 1. The molecule has 2 atom stereocenters. The molecule has 0 aliphatic heterocycles. The van der Waals surface area contributed by atoms with E-state index in [1.165, 1.54) is 0 Å². The monoisotopic (exact) mass is 249 g/mol. The number of aliphatic hydroxyl groups is 1. The van der Waals surface area contributed by atoms with Gasteiger partial charge in [0.25, 0.3) is 0 Å². The fraction of sp³-hybridized carbons (Fsp3) is 1.00. The molecule has 0 aromatic rings. The minimum atomic E-state index is -2.05. The molecule has 5 heteroatoms. The fourth-order valence-electron chi connectivity index (χ4n) is 1.76. The minimum absolute atomic E-state index is 0.160. The van der Waals surface area contributed by atoms with Crippen LogP contribution in [0.2, 0.25) is 12.6 Å². The van der Waals surface area contributed by atoms with E-state index in [-0.39, 0.29) is 12.7 Å². The second-order valence-electron chi connectivity index (χ2n) is 4.25. The molecule has 0 amide bonds. The normalized spacial score (nSPS) is 17.1. The van der Waals surface area contributed by atoms with Gasteiger partial charge >= 0.3 is 8.56 Å². The van der Waals surface area contributed by atoms with Crippen LogP contribution < -0.4 is 5.73 Å². The Balaban J connectivity index is 4.07. The van der Waals surface area contributed by atoms with Crippen molar-refractivity contribution in [1.82, 2.24) is 0 Å². The average Bonchev–Trinajstić information content (AvgIpc) is 2.24. The molecule has 3 N–H and O–H groups in total. The maximum Gasteiger partial charge on any atom is 0.335 e. The lowest BCUT2D eigenvalue weighted by Gasteiger charge is -2.30. The quantitative estimate of drug-likeness (QED) is 0.578. The molecule has 0 aliphatic carbocycles. The number of hydrogen-bond acceptors (Lipinski definition) is 4. The summed E-state index contributed by atoms with van der Waals surface area (Å²) in [4.78, 5) is 0. The molecule has 0 aromatic carbocycles. The largest absolute Gasteiger partial charge is 0.396 e. The average molecular weight is 249 g/mol. The van der Waals surface area contributed by atoms with Gasteiger partial charge in [0.2, 0.25) is 0 Å². The van der Waals surface area contributed by atoms with E-state index in [9.17, 15) is 0 Å². The van der Waals surface area contributed by atoms with Gasteiger partial charge in [-0.1, -0.05) is 0 Å². The lowest BCUT2D eigenvalue weighted by atomic mass is 10.2. The molecule has 0 aliphatic rings. The van der Waals surface area contributed by atoms with Crippen molar-refractivity contribution in [3.05, 3.63) is 0 Å². The fourth-order valence-corrected chi connectivity index (χ4v) is 4.51. The van der Waals surface area contributed by atoms with Gasteiger partial charge in [0, 0.05) is 19.3 Å². The number of nitrogens with two attached hydrogens (primary N) is 1. The van der Waals surface area contributed by atoms with Gasteiger partial charge in [-0.3, -0.25) is 0 Å². The molecule has 0 saturated carbocycles. The summed E-state index contributed by atoms with van der Waals surface area (Å²) in [6.45, 7) is 7.74. The highest BCUT2D eigenvalue weighted by Crippen LogP contribution is 2.19. The zero-order valence-corrected chi connectivity index (χ0v) is 11.9. The van der Waals surface area contributed by atoms with Crippen LogP contribution in [0.4, 0.5) is 0 Å². The highest BCUT2D eigenvalue weighted by molar-refractivity contribution is 6.66. The van der Waals surface area contributed by atoms with Crippen LogP contribution in [0.3, 0.4) is 0 Å². The van der Waals surface area contributed by atoms with Crippen molar-refractivity contribution < 1.29 is 14.0 Å². The molecule has 0 rings (SSSR count). The second-order valence-corrected chi connectivity index (χ2v) is 7.55. The maximum atomic E-state index is 8.77. The summed E-state index contributed by atoms with van der Waals surface area (Å²) < 4.78 is 11.8. The molecule has 0 heterocycles. The van der Waals surface area contributed by atoms with Crippen molar-refractivity contribution in [2.75, 3.05) is 19.8 Å². The Labute approximate surface area is 100 Å². The lowest BCUT2D eigenvalue weighted by molar-refractivity contribution is 0.117. The van der Waals surface area contributed by atoms with Crippen molar-refractivity contribution in [2.45, 2.75) is 51.8 Å². The molecule has 0 spiro atoms. The van der Waals surface area contributed by atoms with Crippen molar-refractivity contribution in [2.24, 2.45) is 5.73 Å². The topological polar surface area (TPSA) is 64.7 Å². The Bertz CT molecular complexity index is 171. The predicted molar refractivity (Wildman–Crippen MR) is 68.6 cm³/mol. The summed E-state index contributed by atoms with van der Waals surface area (Å²) in [5.74, 6) is 0. The van der Waals surface area contributed by atoms with Crippen molar-refractivity contribution in [1.29, 1.82) is 0 Å². The molecule has 0 saturated heterocycles. The Morgan fingerprint density at radius 3 is 2.56 bits per heavy atom. The first-order valence-corrected chi connectivity index (χ1v) is 8.73. The number of hydrogen-bond donors (Lipinski definition) is 2. The second kappa shape index (κ2) is 9.12. The third-order valence-corrected chi connectivity index (χ3v) is 5.57. The molecule has 98 valence electrons. The van der Waals surface area contributed by atoms with E-state index in [1.807, 2.05) is 13.8 Å². The highest BCUT2D eigenvalue weighted by Gasteiger charge is 2.32. The number of rotatable bonds is 10.